The van der Waals surface area contributed by atoms with E-state index in [1.165, 1.54) is 0 Å². The van der Waals surface area contributed by atoms with Gasteiger partial charge in [-0.1, -0.05) is 18.2 Å². The number of nitrogens with two attached hydrogens (primary N) is 1. The number of benzene rings is 1. The van der Waals surface area contributed by atoms with E-state index >= 15 is 0 Å². The molecule has 0 fully saturated rings. The maximum atomic E-state index is 7.40. The van der Waals surface area contributed by atoms with E-state index in [2.05, 4.69) is 0 Å². The molecule has 0 bridgehead atoms. The summed E-state index contributed by atoms with van der Waals surface area (Å²) in [6.07, 6.45) is 1.88. The molecule has 4 heteroatoms. The first-order valence-corrected chi connectivity index (χ1v) is 4.08. The van der Waals surface area contributed by atoms with Crippen LogP contribution in [0.5, 0.6) is 0 Å². The van der Waals surface area contributed by atoms with Crippen LogP contribution in [0.4, 0.5) is 0 Å². The number of aromatic nitrogens is 1. The van der Waals surface area contributed by atoms with E-state index in [0.29, 0.717) is 0 Å². The molecule has 0 atom stereocenters. The lowest BCUT2D eigenvalue weighted by Gasteiger charge is -1.93. The molecule has 3 nitrogen and oxygen atoms in total. The number of fused-ring (bicyclic) bond motifs is 1. The molecule has 0 radical (unpaired) electrons. The molecule has 2 rings (SSSR count). The fourth-order valence-electron chi connectivity index (χ4n) is 1.56. The van der Waals surface area contributed by atoms with Crippen molar-refractivity contribution < 1.29 is 0 Å². The van der Waals surface area contributed by atoms with Gasteiger partial charge in [0.2, 0.25) is 0 Å². The maximum absolute atomic E-state index is 7.40. The second-order valence-corrected chi connectivity index (χ2v) is 3.08. The Kier molecular flexibility index (Phi) is 2.81. The lowest BCUT2D eigenvalue weighted by Crippen LogP contribution is -2.10. The third-order valence-corrected chi connectivity index (χ3v) is 2.19. The smallest absolute Gasteiger partial charge is 0.124 e. The Morgan fingerprint density at radius 1 is 1.36 bits per heavy atom. The van der Waals surface area contributed by atoms with E-state index in [-0.39, 0.29) is 18.2 Å². The summed E-state index contributed by atoms with van der Waals surface area (Å²) in [5.41, 5.74) is 7.37. The lowest BCUT2D eigenvalue weighted by atomic mass is 10.2. The monoisotopic (exact) mass is 209 g/mol. The summed E-state index contributed by atoms with van der Waals surface area (Å²) in [6, 6.07) is 7.93. The number of rotatable bonds is 1. The summed E-state index contributed by atoms with van der Waals surface area (Å²) >= 11 is 0. The highest BCUT2D eigenvalue weighted by Gasteiger charge is 2.06. The topological polar surface area (TPSA) is 54.8 Å². The van der Waals surface area contributed by atoms with Crippen LogP contribution >= 0.6 is 12.4 Å². The number of aryl methyl sites for hydroxylation is 1. The predicted molar refractivity (Wildman–Crippen MR) is 61.2 cm³/mol. The van der Waals surface area contributed by atoms with E-state index in [1.54, 1.807) is 0 Å². The Labute approximate surface area is 88.4 Å². The first kappa shape index (κ1) is 10.6. The lowest BCUT2D eigenvalue weighted by molar-refractivity contribution is 0.967. The van der Waals surface area contributed by atoms with E-state index < -0.39 is 0 Å². The normalized spacial score (nSPS) is 9.79. The fourth-order valence-corrected chi connectivity index (χ4v) is 1.56. The molecule has 0 unspecified atom stereocenters. The number of para-hydroxylation sites is 1. The first-order valence-electron chi connectivity index (χ1n) is 4.08. The van der Waals surface area contributed by atoms with Gasteiger partial charge in [0, 0.05) is 29.7 Å². The molecule has 0 spiro atoms. The van der Waals surface area contributed by atoms with E-state index in [4.69, 9.17) is 11.1 Å². The Morgan fingerprint density at radius 2 is 2.00 bits per heavy atom. The summed E-state index contributed by atoms with van der Waals surface area (Å²) in [7, 11) is 1.95. The average molecular weight is 210 g/mol. The van der Waals surface area contributed by atoms with Crippen molar-refractivity contribution in [3.63, 3.8) is 0 Å². The van der Waals surface area contributed by atoms with Crippen molar-refractivity contribution in [1.82, 2.24) is 4.57 Å². The second-order valence-electron chi connectivity index (χ2n) is 3.08. The van der Waals surface area contributed by atoms with E-state index in [9.17, 15) is 0 Å². The zero-order chi connectivity index (χ0) is 9.42. The molecule has 2 aromatic rings. The largest absolute Gasteiger partial charge is 0.384 e. The Balaban J connectivity index is 0.000000980. The standard InChI is InChI=1S/C10H11N3.ClH/c1-13-6-8(10(11)12)7-4-2-3-5-9(7)13;/h2-6H,1H3,(H3,11,12);1H. The Bertz CT molecular complexity index is 473. The summed E-state index contributed by atoms with van der Waals surface area (Å²) in [5.74, 6) is 0.122. The SMILES string of the molecule is Cl.Cn1cc(C(=N)N)c2ccccc21. The first-order chi connectivity index (χ1) is 6.20. The summed E-state index contributed by atoms with van der Waals surface area (Å²) in [5, 5.41) is 8.43. The summed E-state index contributed by atoms with van der Waals surface area (Å²) in [6.45, 7) is 0. The number of hydrogen-bond acceptors (Lipinski definition) is 1. The van der Waals surface area contributed by atoms with Gasteiger partial charge in [0.05, 0.1) is 0 Å². The van der Waals surface area contributed by atoms with Gasteiger partial charge in [0.1, 0.15) is 5.84 Å². The van der Waals surface area contributed by atoms with Crippen molar-refractivity contribution in [3.8, 4) is 0 Å². The molecule has 1 aromatic carbocycles. The van der Waals surface area contributed by atoms with Gasteiger partial charge < -0.3 is 10.3 Å². The van der Waals surface area contributed by atoms with Crippen molar-refractivity contribution in [2.24, 2.45) is 12.8 Å². The van der Waals surface area contributed by atoms with Crippen LogP contribution in [-0.4, -0.2) is 10.4 Å². The van der Waals surface area contributed by atoms with Crippen LogP contribution in [0, 0.1) is 5.41 Å². The van der Waals surface area contributed by atoms with Crippen LogP contribution < -0.4 is 5.73 Å². The van der Waals surface area contributed by atoms with Gasteiger partial charge in [-0.2, -0.15) is 0 Å². The zero-order valence-electron chi connectivity index (χ0n) is 7.82. The van der Waals surface area contributed by atoms with Gasteiger partial charge in [-0.25, -0.2) is 0 Å². The van der Waals surface area contributed by atoms with Crippen LogP contribution in [0.2, 0.25) is 0 Å². The highest BCUT2D eigenvalue weighted by molar-refractivity contribution is 6.07. The maximum Gasteiger partial charge on any atom is 0.124 e. The molecular formula is C10H12ClN3. The number of hydrogen-bond donors (Lipinski definition) is 2. The van der Waals surface area contributed by atoms with Crippen molar-refractivity contribution in [1.29, 1.82) is 5.41 Å². The van der Waals surface area contributed by atoms with Crippen LogP contribution in [0.3, 0.4) is 0 Å². The second kappa shape index (κ2) is 3.72. The molecular weight excluding hydrogens is 198 g/mol. The number of halogens is 1. The molecule has 14 heavy (non-hydrogen) atoms. The van der Waals surface area contributed by atoms with Gasteiger partial charge in [-0.15, -0.1) is 12.4 Å². The number of nitrogens with one attached hydrogen (secondary N) is 1. The number of amidine groups is 1. The quantitative estimate of drug-likeness (QED) is 0.547. The van der Waals surface area contributed by atoms with Crippen LogP contribution in [-0.2, 0) is 7.05 Å². The van der Waals surface area contributed by atoms with Crippen molar-refractivity contribution >= 4 is 29.1 Å². The molecule has 0 aliphatic rings. The van der Waals surface area contributed by atoms with Gasteiger partial charge in [0.25, 0.3) is 0 Å². The molecule has 0 saturated heterocycles. The third kappa shape index (κ3) is 1.46. The minimum atomic E-state index is 0. The van der Waals surface area contributed by atoms with Crippen LogP contribution in [0.1, 0.15) is 5.56 Å². The average Bonchev–Trinajstić information content (AvgIpc) is 2.45. The predicted octanol–water partition coefficient (Wildman–Crippen LogP) is 1.88. The Morgan fingerprint density at radius 3 is 2.64 bits per heavy atom. The van der Waals surface area contributed by atoms with E-state index in [1.807, 2.05) is 42.1 Å². The van der Waals surface area contributed by atoms with Crippen molar-refractivity contribution in [2.45, 2.75) is 0 Å². The third-order valence-electron chi connectivity index (χ3n) is 2.19. The van der Waals surface area contributed by atoms with Crippen LogP contribution in [0.25, 0.3) is 10.9 Å². The molecule has 0 amide bonds. The molecule has 0 aliphatic heterocycles. The number of nitrogens with zero attached hydrogens (tertiary/aromatic N) is 1. The minimum Gasteiger partial charge on any atom is -0.384 e. The molecule has 1 aromatic heterocycles. The molecule has 0 aliphatic carbocycles. The Hall–Kier alpha value is -1.48. The van der Waals surface area contributed by atoms with Gasteiger partial charge in [-0.3, -0.25) is 5.41 Å². The molecule has 0 saturated carbocycles. The minimum absolute atomic E-state index is 0. The van der Waals surface area contributed by atoms with Crippen molar-refractivity contribution in [2.75, 3.05) is 0 Å². The van der Waals surface area contributed by atoms with Gasteiger partial charge >= 0.3 is 0 Å². The molecule has 3 N–H and O–H groups in total. The van der Waals surface area contributed by atoms with Crippen LogP contribution in [0.15, 0.2) is 30.5 Å². The van der Waals surface area contributed by atoms with E-state index in [0.717, 1.165) is 16.5 Å². The highest BCUT2D eigenvalue weighted by atomic mass is 35.5. The number of nitrogen functional groups attached to an aromatic ring is 1. The highest BCUT2D eigenvalue weighted by Crippen LogP contribution is 2.19. The van der Waals surface area contributed by atoms with Gasteiger partial charge in [0.15, 0.2) is 0 Å². The van der Waals surface area contributed by atoms with Crippen molar-refractivity contribution in [3.05, 3.63) is 36.0 Å². The summed E-state index contributed by atoms with van der Waals surface area (Å²) in [4.78, 5) is 0. The molecule has 74 valence electrons. The summed E-state index contributed by atoms with van der Waals surface area (Å²) < 4.78 is 1.98. The fraction of sp³-hybridized carbons (Fsp3) is 0.100. The van der Waals surface area contributed by atoms with Gasteiger partial charge in [-0.05, 0) is 6.07 Å². The zero-order valence-corrected chi connectivity index (χ0v) is 8.64. The molecule has 1 heterocycles.